The van der Waals surface area contributed by atoms with Crippen molar-refractivity contribution in [1.82, 2.24) is 4.90 Å². The molecule has 2 N–H and O–H groups in total. The van der Waals surface area contributed by atoms with Crippen molar-refractivity contribution in [2.24, 2.45) is 11.7 Å². The van der Waals surface area contributed by atoms with Crippen LogP contribution >= 0.6 is 0 Å². The Morgan fingerprint density at radius 3 is 3.00 bits per heavy atom. The SMILES string of the molecule is N#CCN1CC[C@H](CN)C1. The standard InChI is InChI=1S/C7H13N3/c8-2-4-10-3-1-7(5-9)6-10/h7H,1,3-6,9H2/t7-/m1/s1. The first-order chi connectivity index (χ1) is 4.86. The second-order valence-electron chi connectivity index (χ2n) is 2.78. The fourth-order valence-electron chi connectivity index (χ4n) is 1.35. The van der Waals surface area contributed by atoms with Crippen molar-refractivity contribution in [2.45, 2.75) is 6.42 Å². The van der Waals surface area contributed by atoms with E-state index in [1.807, 2.05) is 0 Å². The summed E-state index contributed by atoms with van der Waals surface area (Å²) in [6.07, 6.45) is 1.16. The van der Waals surface area contributed by atoms with E-state index in [1.165, 1.54) is 0 Å². The van der Waals surface area contributed by atoms with Crippen molar-refractivity contribution < 1.29 is 0 Å². The monoisotopic (exact) mass is 139 g/mol. The highest BCUT2D eigenvalue weighted by Gasteiger charge is 2.19. The van der Waals surface area contributed by atoms with E-state index in [0.717, 1.165) is 26.1 Å². The summed E-state index contributed by atoms with van der Waals surface area (Å²) in [6, 6.07) is 2.14. The van der Waals surface area contributed by atoms with Gasteiger partial charge in [0.1, 0.15) is 0 Å². The number of hydrogen-bond acceptors (Lipinski definition) is 3. The van der Waals surface area contributed by atoms with E-state index in [4.69, 9.17) is 11.0 Å². The largest absolute Gasteiger partial charge is 0.330 e. The fourth-order valence-corrected chi connectivity index (χ4v) is 1.35. The number of likely N-dealkylation sites (tertiary alicyclic amines) is 1. The molecule has 1 heterocycles. The Morgan fingerprint density at radius 1 is 1.70 bits per heavy atom. The lowest BCUT2D eigenvalue weighted by atomic mass is 10.1. The van der Waals surface area contributed by atoms with Crippen LogP contribution in [-0.4, -0.2) is 31.1 Å². The summed E-state index contributed by atoms with van der Waals surface area (Å²) in [6.45, 7) is 3.40. The molecule has 56 valence electrons. The molecular formula is C7H13N3. The normalized spacial score (nSPS) is 26.6. The smallest absolute Gasteiger partial charge is 0.0866 e. The van der Waals surface area contributed by atoms with Crippen molar-refractivity contribution >= 4 is 0 Å². The molecule has 0 aromatic carbocycles. The van der Waals surface area contributed by atoms with Crippen LogP contribution in [0, 0.1) is 17.2 Å². The van der Waals surface area contributed by atoms with Gasteiger partial charge in [-0.1, -0.05) is 0 Å². The van der Waals surface area contributed by atoms with Gasteiger partial charge in [0.15, 0.2) is 0 Å². The van der Waals surface area contributed by atoms with E-state index in [-0.39, 0.29) is 0 Å². The van der Waals surface area contributed by atoms with Gasteiger partial charge in [-0.2, -0.15) is 5.26 Å². The molecule has 1 atom stereocenters. The minimum Gasteiger partial charge on any atom is -0.330 e. The third kappa shape index (κ3) is 1.69. The molecule has 0 amide bonds. The first kappa shape index (κ1) is 7.52. The molecule has 3 heteroatoms. The Kier molecular flexibility index (Phi) is 2.67. The zero-order valence-corrected chi connectivity index (χ0v) is 6.08. The van der Waals surface area contributed by atoms with E-state index in [2.05, 4.69) is 11.0 Å². The highest BCUT2D eigenvalue weighted by molar-refractivity contribution is 4.83. The quantitative estimate of drug-likeness (QED) is 0.539. The summed E-state index contributed by atoms with van der Waals surface area (Å²) < 4.78 is 0. The van der Waals surface area contributed by atoms with Gasteiger partial charge in [-0.25, -0.2) is 0 Å². The predicted molar refractivity (Wildman–Crippen MR) is 39.2 cm³/mol. The lowest BCUT2D eigenvalue weighted by molar-refractivity contribution is 0.364. The molecule has 1 rings (SSSR count). The van der Waals surface area contributed by atoms with E-state index in [0.29, 0.717) is 12.5 Å². The highest BCUT2D eigenvalue weighted by Crippen LogP contribution is 2.13. The van der Waals surface area contributed by atoms with Gasteiger partial charge < -0.3 is 5.73 Å². The molecule has 0 unspecified atom stereocenters. The Morgan fingerprint density at radius 2 is 2.50 bits per heavy atom. The number of nitrogens with zero attached hydrogens (tertiary/aromatic N) is 2. The van der Waals surface area contributed by atoms with Crippen molar-refractivity contribution in [1.29, 1.82) is 5.26 Å². The topological polar surface area (TPSA) is 53.0 Å². The number of rotatable bonds is 2. The Bertz CT molecular complexity index is 138. The fraction of sp³-hybridized carbons (Fsp3) is 0.857. The summed E-state index contributed by atoms with van der Waals surface area (Å²) >= 11 is 0. The average molecular weight is 139 g/mol. The maximum absolute atomic E-state index is 8.36. The van der Waals surface area contributed by atoms with E-state index >= 15 is 0 Å². The molecule has 10 heavy (non-hydrogen) atoms. The summed E-state index contributed by atoms with van der Waals surface area (Å²) in [5.41, 5.74) is 5.48. The summed E-state index contributed by atoms with van der Waals surface area (Å²) in [5.74, 6) is 0.633. The third-order valence-corrected chi connectivity index (χ3v) is 2.00. The maximum atomic E-state index is 8.36. The predicted octanol–water partition coefficient (Wildman–Crippen LogP) is -0.209. The van der Waals surface area contributed by atoms with Crippen LogP contribution < -0.4 is 5.73 Å². The average Bonchev–Trinajstić information content (AvgIpc) is 2.37. The van der Waals surface area contributed by atoms with Crippen LogP contribution in [0.5, 0.6) is 0 Å². The molecule has 0 bridgehead atoms. The van der Waals surface area contributed by atoms with Crippen LogP contribution in [0.2, 0.25) is 0 Å². The molecule has 3 nitrogen and oxygen atoms in total. The lowest BCUT2D eigenvalue weighted by Gasteiger charge is -2.09. The van der Waals surface area contributed by atoms with Crippen LogP contribution in [0.1, 0.15) is 6.42 Å². The molecule has 0 aliphatic carbocycles. The molecule has 1 saturated heterocycles. The molecule has 0 radical (unpaired) electrons. The Hall–Kier alpha value is -0.590. The van der Waals surface area contributed by atoms with Gasteiger partial charge in [-0.15, -0.1) is 0 Å². The van der Waals surface area contributed by atoms with Crippen LogP contribution in [0.15, 0.2) is 0 Å². The van der Waals surface area contributed by atoms with Gasteiger partial charge in [0.2, 0.25) is 0 Å². The van der Waals surface area contributed by atoms with Crippen molar-refractivity contribution in [2.75, 3.05) is 26.2 Å². The van der Waals surface area contributed by atoms with Crippen LogP contribution in [0.25, 0.3) is 0 Å². The summed E-state index contributed by atoms with van der Waals surface area (Å²) in [7, 11) is 0. The zero-order valence-electron chi connectivity index (χ0n) is 6.08. The molecular weight excluding hydrogens is 126 g/mol. The van der Waals surface area contributed by atoms with Crippen molar-refractivity contribution in [3.8, 4) is 6.07 Å². The zero-order chi connectivity index (χ0) is 7.40. The second kappa shape index (κ2) is 3.55. The molecule has 1 aliphatic rings. The Balaban J connectivity index is 2.23. The molecule has 0 saturated carbocycles. The first-order valence-electron chi connectivity index (χ1n) is 3.66. The minimum atomic E-state index is 0.566. The highest BCUT2D eigenvalue weighted by atomic mass is 15.1. The van der Waals surface area contributed by atoms with Crippen LogP contribution in [0.3, 0.4) is 0 Å². The molecule has 1 fully saturated rings. The maximum Gasteiger partial charge on any atom is 0.0866 e. The van der Waals surface area contributed by atoms with Crippen molar-refractivity contribution in [3.05, 3.63) is 0 Å². The number of hydrogen-bond donors (Lipinski definition) is 1. The Labute approximate surface area is 61.4 Å². The lowest BCUT2D eigenvalue weighted by Crippen LogP contribution is -2.23. The molecule has 1 aliphatic heterocycles. The first-order valence-corrected chi connectivity index (χ1v) is 3.66. The van der Waals surface area contributed by atoms with E-state index < -0.39 is 0 Å². The molecule has 0 aromatic heterocycles. The van der Waals surface area contributed by atoms with Gasteiger partial charge >= 0.3 is 0 Å². The van der Waals surface area contributed by atoms with E-state index in [1.54, 1.807) is 0 Å². The second-order valence-corrected chi connectivity index (χ2v) is 2.78. The van der Waals surface area contributed by atoms with Crippen LogP contribution in [0.4, 0.5) is 0 Å². The van der Waals surface area contributed by atoms with Gasteiger partial charge in [0.05, 0.1) is 12.6 Å². The van der Waals surface area contributed by atoms with Crippen molar-refractivity contribution in [3.63, 3.8) is 0 Å². The number of nitrogens with two attached hydrogens (primary N) is 1. The number of nitriles is 1. The van der Waals surface area contributed by atoms with Gasteiger partial charge in [0, 0.05) is 6.54 Å². The summed E-state index contributed by atoms with van der Waals surface area (Å²) in [5, 5.41) is 8.36. The minimum absolute atomic E-state index is 0.566. The summed E-state index contributed by atoms with van der Waals surface area (Å²) in [4.78, 5) is 2.15. The molecule has 0 spiro atoms. The van der Waals surface area contributed by atoms with Gasteiger partial charge in [-0.05, 0) is 25.4 Å². The van der Waals surface area contributed by atoms with Crippen LogP contribution in [-0.2, 0) is 0 Å². The van der Waals surface area contributed by atoms with Gasteiger partial charge in [0.25, 0.3) is 0 Å². The molecule has 0 aromatic rings. The van der Waals surface area contributed by atoms with E-state index in [9.17, 15) is 0 Å². The van der Waals surface area contributed by atoms with Gasteiger partial charge in [-0.3, -0.25) is 4.90 Å². The third-order valence-electron chi connectivity index (χ3n) is 2.00.